The van der Waals surface area contributed by atoms with Crippen LogP contribution in [0.25, 0.3) is 0 Å². The van der Waals surface area contributed by atoms with Gasteiger partial charge in [0.05, 0.1) is 30.8 Å². The van der Waals surface area contributed by atoms with Gasteiger partial charge < -0.3 is 24.3 Å². The van der Waals surface area contributed by atoms with Crippen molar-refractivity contribution >= 4 is 17.4 Å². The maximum atomic E-state index is 12.5. The second-order valence-electron chi connectivity index (χ2n) is 10.4. The minimum absolute atomic E-state index is 0.130. The Bertz CT molecular complexity index is 1180. The molecule has 2 fully saturated rings. The first kappa shape index (κ1) is 26.0. The Hall–Kier alpha value is -3.64. The number of amides is 1. The number of nitrogens with zero attached hydrogens (tertiary/aromatic N) is 7. The van der Waals surface area contributed by atoms with Gasteiger partial charge in [-0.15, -0.1) is 0 Å². The molecular formula is C29H37N7O2. The number of anilines is 2. The maximum Gasteiger partial charge on any atom is 0.318 e. The van der Waals surface area contributed by atoms with E-state index >= 15 is 0 Å². The number of rotatable bonds is 7. The number of likely N-dealkylation sites (N-methyl/N-ethyl adjacent to an activating group) is 1. The van der Waals surface area contributed by atoms with Crippen molar-refractivity contribution in [3.8, 4) is 12.1 Å². The van der Waals surface area contributed by atoms with Crippen molar-refractivity contribution in [1.82, 2.24) is 19.8 Å². The van der Waals surface area contributed by atoms with Crippen molar-refractivity contribution in [2.75, 3.05) is 56.2 Å². The van der Waals surface area contributed by atoms with E-state index in [0.717, 1.165) is 49.4 Å². The number of piperazine rings is 1. The molecule has 38 heavy (non-hydrogen) atoms. The van der Waals surface area contributed by atoms with Gasteiger partial charge >= 0.3 is 6.01 Å². The summed E-state index contributed by atoms with van der Waals surface area (Å²) in [5, 5.41) is 9.47. The van der Waals surface area contributed by atoms with E-state index in [0.29, 0.717) is 44.8 Å². The van der Waals surface area contributed by atoms with E-state index in [9.17, 15) is 10.1 Å². The van der Waals surface area contributed by atoms with Crippen LogP contribution >= 0.6 is 0 Å². The van der Waals surface area contributed by atoms with Crippen molar-refractivity contribution in [1.29, 1.82) is 5.26 Å². The maximum absolute atomic E-state index is 12.5. The molecule has 5 rings (SSSR count). The molecule has 4 heterocycles. The fraction of sp³-hybridized carbons (Fsp3) is 0.517. The number of ether oxygens (including phenoxy) is 1. The van der Waals surface area contributed by atoms with Crippen LogP contribution in [0.4, 0.5) is 11.5 Å². The summed E-state index contributed by atoms with van der Waals surface area (Å²) in [6.07, 6.45) is 5.76. The standard InChI is InChI=1S/C29H37N7O2/c1-3-27(37)36-18-17-35(19-23(36)13-14-30)28-25-12-8-16-34(22-9-5-4-6-10-22)20-26(25)31-29(32-28)38-21-24-11-7-15-33(24)2/h3-6,9-10,23-24H,1,7-8,11-13,15-21H2,2H3/t23-,24?/m0/s1. The molecule has 1 unspecified atom stereocenters. The number of nitriles is 1. The van der Waals surface area contributed by atoms with Crippen molar-refractivity contribution in [2.45, 2.75) is 50.7 Å². The van der Waals surface area contributed by atoms with Crippen LogP contribution in [-0.2, 0) is 17.8 Å². The topological polar surface area (TPSA) is 88.8 Å². The Labute approximate surface area is 225 Å². The second-order valence-corrected chi connectivity index (χ2v) is 10.4. The predicted octanol–water partition coefficient (Wildman–Crippen LogP) is 3.02. The molecule has 1 amide bonds. The third kappa shape index (κ3) is 5.60. The van der Waals surface area contributed by atoms with Crippen molar-refractivity contribution in [2.24, 2.45) is 0 Å². The van der Waals surface area contributed by atoms with Crippen LogP contribution in [0.1, 0.15) is 36.9 Å². The second kappa shape index (κ2) is 11.8. The van der Waals surface area contributed by atoms with Crippen LogP contribution in [0, 0.1) is 11.3 Å². The van der Waals surface area contributed by atoms with E-state index < -0.39 is 0 Å². The minimum Gasteiger partial charge on any atom is -0.462 e. The number of carbonyl (C=O) groups excluding carboxylic acids is 1. The first-order valence-electron chi connectivity index (χ1n) is 13.6. The Morgan fingerprint density at radius 3 is 2.71 bits per heavy atom. The fourth-order valence-corrected chi connectivity index (χ4v) is 5.87. The van der Waals surface area contributed by atoms with Crippen LogP contribution in [0.3, 0.4) is 0 Å². The highest BCUT2D eigenvalue weighted by molar-refractivity contribution is 5.87. The molecule has 0 N–H and O–H groups in total. The molecule has 0 aliphatic carbocycles. The average Bonchev–Trinajstić information content (AvgIpc) is 3.23. The number of para-hydroxylation sites is 1. The van der Waals surface area contributed by atoms with Gasteiger partial charge in [-0.25, -0.2) is 0 Å². The van der Waals surface area contributed by atoms with E-state index in [-0.39, 0.29) is 18.4 Å². The smallest absolute Gasteiger partial charge is 0.318 e. The number of likely N-dealkylation sites (tertiary alicyclic amines) is 1. The highest BCUT2D eigenvalue weighted by Crippen LogP contribution is 2.32. The van der Waals surface area contributed by atoms with Gasteiger partial charge in [-0.05, 0) is 57.5 Å². The van der Waals surface area contributed by atoms with Gasteiger partial charge in [0.15, 0.2) is 0 Å². The zero-order chi connectivity index (χ0) is 26.5. The van der Waals surface area contributed by atoms with Gasteiger partial charge in [0, 0.05) is 43.5 Å². The largest absolute Gasteiger partial charge is 0.462 e. The summed E-state index contributed by atoms with van der Waals surface area (Å²) >= 11 is 0. The lowest BCUT2D eigenvalue weighted by atomic mass is 10.1. The summed E-state index contributed by atoms with van der Waals surface area (Å²) in [6, 6.07) is 13.3. The van der Waals surface area contributed by atoms with Crippen LogP contribution in [0.5, 0.6) is 6.01 Å². The summed E-state index contributed by atoms with van der Waals surface area (Å²) in [4.78, 5) is 31.1. The Morgan fingerprint density at radius 2 is 1.97 bits per heavy atom. The molecule has 1 aromatic heterocycles. The molecule has 3 aliphatic heterocycles. The fourth-order valence-electron chi connectivity index (χ4n) is 5.87. The van der Waals surface area contributed by atoms with Gasteiger partial charge in [0.25, 0.3) is 0 Å². The van der Waals surface area contributed by atoms with Gasteiger partial charge in [-0.2, -0.15) is 15.2 Å². The van der Waals surface area contributed by atoms with Crippen LogP contribution in [-0.4, -0.2) is 84.1 Å². The molecule has 3 aliphatic rings. The molecule has 0 radical (unpaired) electrons. The number of fused-ring (bicyclic) bond motifs is 1. The normalized spacial score (nSPS) is 21.9. The Kier molecular flexibility index (Phi) is 8.08. The number of aromatic nitrogens is 2. The van der Waals surface area contributed by atoms with E-state index in [2.05, 4.69) is 58.7 Å². The van der Waals surface area contributed by atoms with Gasteiger partial charge in [-0.3, -0.25) is 4.79 Å². The number of carbonyl (C=O) groups is 1. The SMILES string of the molecule is C=CC(=O)N1CCN(c2nc(OCC3CCCN3C)nc3c2CCCN(c2ccccc2)C3)C[C@@H]1CC#N. The zero-order valence-corrected chi connectivity index (χ0v) is 22.3. The lowest BCUT2D eigenvalue weighted by Crippen LogP contribution is -2.55. The van der Waals surface area contributed by atoms with Crippen LogP contribution in [0.2, 0.25) is 0 Å². The van der Waals surface area contributed by atoms with Crippen molar-refractivity contribution in [3.63, 3.8) is 0 Å². The van der Waals surface area contributed by atoms with Gasteiger partial charge in [0.2, 0.25) is 5.91 Å². The molecule has 200 valence electrons. The molecule has 0 bridgehead atoms. The Balaban J connectivity index is 1.46. The third-order valence-electron chi connectivity index (χ3n) is 8.01. The summed E-state index contributed by atoms with van der Waals surface area (Å²) in [5.41, 5.74) is 3.32. The molecular weight excluding hydrogens is 478 g/mol. The molecule has 0 saturated carbocycles. The van der Waals surface area contributed by atoms with E-state index in [1.165, 1.54) is 18.2 Å². The first-order valence-corrected chi connectivity index (χ1v) is 13.6. The van der Waals surface area contributed by atoms with Gasteiger partial charge in [0.1, 0.15) is 12.4 Å². The third-order valence-corrected chi connectivity index (χ3v) is 8.01. The van der Waals surface area contributed by atoms with Crippen molar-refractivity contribution in [3.05, 3.63) is 54.2 Å². The monoisotopic (exact) mass is 515 g/mol. The summed E-state index contributed by atoms with van der Waals surface area (Å²) in [5.74, 6) is 0.753. The number of benzene rings is 1. The predicted molar refractivity (Wildman–Crippen MR) is 147 cm³/mol. The lowest BCUT2D eigenvalue weighted by Gasteiger charge is -2.41. The molecule has 9 nitrogen and oxygen atoms in total. The van der Waals surface area contributed by atoms with E-state index in [4.69, 9.17) is 14.7 Å². The minimum atomic E-state index is -0.215. The first-order chi connectivity index (χ1) is 18.6. The Morgan fingerprint density at radius 1 is 1.13 bits per heavy atom. The van der Waals surface area contributed by atoms with Gasteiger partial charge in [-0.1, -0.05) is 24.8 Å². The lowest BCUT2D eigenvalue weighted by molar-refractivity contribution is -0.128. The van der Waals surface area contributed by atoms with Crippen molar-refractivity contribution < 1.29 is 9.53 Å². The number of hydrogen-bond acceptors (Lipinski definition) is 8. The molecule has 1 aromatic carbocycles. The highest BCUT2D eigenvalue weighted by Gasteiger charge is 2.33. The molecule has 2 aromatic rings. The molecule has 9 heteroatoms. The number of hydrogen-bond donors (Lipinski definition) is 0. The molecule has 2 atom stereocenters. The quantitative estimate of drug-likeness (QED) is 0.520. The highest BCUT2D eigenvalue weighted by atomic mass is 16.5. The molecule has 2 saturated heterocycles. The molecule has 0 spiro atoms. The van der Waals surface area contributed by atoms with E-state index in [1.807, 2.05) is 6.07 Å². The summed E-state index contributed by atoms with van der Waals surface area (Å²) in [7, 11) is 2.14. The average molecular weight is 516 g/mol. The summed E-state index contributed by atoms with van der Waals surface area (Å²) < 4.78 is 6.25. The van der Waals surface area contributed by atoms with Crippen LogP contribution < -0.4 is 14.5 Å². The van der Waals surface area contributed by atoms with Crippen LogP contribution in [0.15, 0.2) is 43.0 Å². The summed E-state index contributed by atoms with van der Waals surface area (Å²) in [6.45, 7) is 8.62. The van der Waals surface area contributed by atoms with E-state index in [1.54, 1.807) is 4.90 Å². The zero-order valence-electron chi connectivity index (χ0n) is 22.3.